The van der Waals surface area contributed by atoms with Crippen LogP contribution in [-0.2, 0) is 4.79 Å². The first-order chi connectivity index (χ1) is 8.08. The maximum absolute atomic E-state index is 11.7. The van der Waals surface area contributed by atoms with Gasteiger partial charge in [0, 0.05) is 19.0 Å². The quantitative estimate of drug-likeness (QED) is 0.701. The van der Waals surface area contributed by atoms with Crippen LogP contribution >= 0.6 is 0 Å². The van der Waals surface area contributed by atoms with E-state index in [-0.39, 0.29) is 5.91 Å². The van der Waals surface area contributed by atoms with Crippen molar-refractivity contribution in [1.82, 2.24) is 5.32 Å². The van der Waals surface area contributed by atoms with E-state index in [9.17, 15) is 4.79 Å². The molecule has 0 heterocycles. The summed E-state index contributed by atoms with van der Waals surface area (Å²) in [5.74, 6) is 1.46. The van der Waals surface area contributed by atoms with Crippen molar-refractivity contribution in [2.75, 3.05) is 6.54 Å². The van der Waals surface area contributed by atoms with Gasteiger partial charge in [0.05, 0.1) is 0 Å². The Morgan fingerprint density at radius 3 is 2.82 bits per heavy atom. The third kappa shape index (κ3) is 6.67. The Bertz CT molecular complexity index is 228. The fraction of sp³-hybridized carbons (Fsp3) is 0.929. The van der Waals surface area contributed by atoms with E-state index in [2.05, 4.69) is 19.2 Å². The van der Waals surface area contributed by atoms with Crippen LogP contribution in [0.4, 0.5) is 0 Å². The highest BCUT2D eigenvalue weighted by Gasteiger charge is 2.21. The van der Waals surface area contributed by atoms with Crippen molar-refractivity contribution in [2.24, 2.45) is 17.6 Å². The number of rotatable bonds is 6. The Kier molecular flexibility index (Phi) is 6.56. The minimum absolute atomic E-state index is 0.216. The molecule has 1 amide bonds. The van der Waals surface area contributed by atoms with Gasteiger partial charge in [-0.1, -0.05) is 20.3 Å². The molecule has 0 saturated heterocycles. The van der Waals surface area contributed by atoms with E-state index < -0.39 is 0 Å². The van der Waals surface area contributed by atoms with Gasteiger partial charge in [0.1, 0.15) is 0 Å². The highest BCUT2D eigenvalue weighted by Crippen LogP contribution is 2.25. The molecule has 0 spiro atoms. The highest BCUT2D eigenvalue weighted by atomic mass is 16.1. The van der Waals surface area contributed by atoms with Gasteiger partial charge in [0.2, 0.25) is 5.91 Å². The van der Waals surface area contributed by atoms with E-state index in [1.165, 1.54) is 19.3 Å². The van der Waals surface area contributed by atoms with E-state index in [0.29, 0.717) is 18.4 Å². The standard InChI is InChI=1S/C14H28N2O/c1-11(2)5-4-8-16-14(17)10-12-6-3-7-13(15)9-12/h11-13H,3-10,15H2,1-2H3,(H,16,17). The highest BCUT2D eigenvalue weighted by molar-refractivity contribution is 5.76. The first-order valence-corrected chi connectivity index (χ1v) is 7.10. The number of amides is 1. The molecule has 0 aliphatic heterocycles. The summed E-state index contributed by atoms with van der Waals surface area (Å²) < 4.78 is 0. The molecule has 0 aromatic rings. The summed E-state index contributed by atoms with van der Waals surface area (Å²) in [7, 11) is 0. The van der Waals surface area contributed by atoms with Gasteiger partial charge in [0.15, 0.2) is 0 Å². The van der Waals surface area contributed by atoms with Crippen molar-refractivity contribution in [3.05, 3.63) is 0 Å². The van der Waals surface area contributed by atoms with Crippen molar-refractivity contribution >= 4 is 5.91 Å². The third-order valence-electron chi connectivity index (χ3n) is 3.58. The summed E-state index contributed by atoms with van der Waals surface area (Å²) in [5.41, 5.74) is 5.92. The molecule has 1 saturated carbocycles. The summed E-state index contributed by atoms with van der Waals surface area (Å²) in [4.78, 5) is 11.7. The van der Waals surface area contributed by atoms with Crippen LogP contribution in [0, 0.1) is 11.8 Å². The second kappa shape index (κ2) is 7.70. The molecule has 0 bridgehead atoms. The predicted octanol–water partition coefficient (Wildman–Crippen LogP) is 2.45. The van der Waals surface area contributed by atoms with E-state index in [1.807, 2.05) is 0 Å². The van der Waals surface area contributed by atoms with Crippen LogP contribution in [0.3, 0.4) is 0 Å². The maximum Gasteiger partial charge on any atom is 0.220 e. The molecule has 0 radical (unpaired) electrons. The normalized spacial score (nSPS) is 24.9. The lowest BCUT2D eigenvalue weighted by Gasteiger charge is -2.26. The van der Waals surface area contributed by atoms with Gasteiger partial charge in [-0.2, -0.15) is 0 Å². The molecule has 2 atom stereocenters. The number of nitrogens with one attached hydrogen (secondary N) is 1. The van der Waals surface area contributed by atoms with Gasteiger partial charge in [-0.15, -0.1) is 0 Å². The van der Waals surface area contributed by atoms with E-state index in [0.717, 1.165) is 31.7 Å². The minimum atomic E-state index is 0.216. The van der Waals surface area contributed by atoms with Crippen LogP contribution in [0.1, 0.15) is 58.8 Å². The van der Waals surface area contributed by atoms with Crippen molar-refractivity contribution in [3.8, 4) is 0 Å². The summed E-state index contributed by atoms with van der Waals surface area (Å²) in [6, 6.07) is 0.322. The van der Waals surface area contributed by atoms with E-state index >= 15 is 0 Å². The Hall–Kier alpha value is -0.570. The van der Waals surface area contributed by atoms with Gasteiger partial charge in [-0.3, -0.25) is 4.79 Å². The molecule has 1 fully saturated rings. The van der Waals surface area contributed by atoms with Crippen molar-refractivity contribution in [1.29, 1.82) is 0 Å². The van der Waals surface area contributed by atoms with Gasteiger partial charge in [0.25, 0.3) is 0 Å². The number of hydrogen-bond acceptors (Lipinski definition) is 2. The fourth-order valence-electron chi connectivity index (χ4n) is 2.59. The molecule has 2 unspecified atom stereocenters. The lowest BCUT2D eigenvalue weighted by atomic mass is 9.84. The Balaban J connectivity index is 2.07. The Labute approximate surface area is 106 Å². The fourth-order valence-corrected chi connectivity index (χ4v) is 2.59. The molecule has 17 heavy (non-hydrogen) atoms. The second-order valence-corrected chi connectivity index (χ2v) is 5.88. The number of carbonyl (C=O) groups excluding carboxylic acids is 1. The average molecular weight is 240 g/mol. The van der Waals surface area contributed by atoms with Crippen LogP contribution in [0.15, 0.2) is 0 Å². The molecule has 3 N–H and O–H groups in total. The predicted molar refractivity (Wildman–Crippen MR) is 71.6 cm³/mol. The largest absolute Gasteiger partial charge is 0.356 e. The zero-order valence-electron chi connectivity index (χ0n) is 11.4. The van der Waals surface area contributed by atoms with Gasteiger partial charge in [-0.25, -0.2) is 0 Å². The molecule has 100 valence electrons. The number of nitrogens with two attached hydrogens (primary N) is 1. The number of carbonyl (C=O) groups is 1. The van der Waals surface area contributed by atoms with Crippen LogP contribution < -0.4 is 11.1 Å². The molecule has 0 aromatic heterocycles. The van der Waals surface area contributed by atoms with Crippen molar-refractivity contribution in [2.45, 2.75) is 64.8 Å². The topological polar surface area (TPSA) is 55.1 Å². The van der Waals surface area contributed by atoms with Crippen LogP contribution in [0.2, 0.25) is 0 Å². The zero-order valence-corrected chi connectivity index (χ0v) is 11.4. The molecular weight excluding hydrogens is 212 g/mol. The Morgan fingerprint density at radius 1 is 1.41 bits per heavy atom. The molecule has 0 aromatic carbocycles. The van der Waals surface area contributed by atoms with Gasteiger partial charge in [-0.05, 0) is 43.9 Å². The molecule has 1 aliphatic carbocycles. The summed E-state index contributed by atoms with van der Waals surface area (Å²) in [5, 5.41) is 3.02. The number of hydrogen-bond donors (Lipinski definition) is 2. The Morgan fingerprint density at radius 2 is 2.18 bits per heavy atom. The molecule has 1 rings (SSSR count). The third-order valence-corrected chi connectivity index (χ3v) is 3.58. The first-order valence-electron chi connectivity index (χ1n) is 7.10. The molecule has 3 heteroatoms. The van der Waals surface area contributed by atoms with Gasteiger partial charge >= 0.3 is 0 Å². The zero-order chi connectivity index (χ0) is 12.7. The molecule has 1 aliphatic rings. The SMILES string of the molecule is CC(C)CCCNC(=O)CC1CCCC(N)C1. The maximum atomic E-state index is 11.7. The van der Waals surface area contributed by atoms with Crippen molar-refractivity contribution in [3.63, 3.8) is 0 Å². The van der Waals surface area contributed by atoms with Crippen molar-refractivity contribution < 1.29 is 4.79 Å². The lowest BCUT2D eigenvalue weighted by Crippen LogP contribution is -2.32. The lowest BCUT2D eigenvalue weighted by molar-refractivity contribution is -0.122. The smallest absolute Gasteiger partial charge is 0.220 e. The second-order valence-electron chi connectivity index (χ2n) is 5.88. The monoisotopic (exact) mass is 240 g/mol. The summed E-state index contributed by atoms with van der Waals surface area (Å²) in [6.45, 7) is 5.26. The van der Waals surface area contributed by atoms with Gasteiger partial charge < -0.3 is 11.1 Å². The summed E-state index contributed by atoms with van der Waals surface area (Å²) in [6.07, 6.45) is 7.48. The first kappa shape index (κ1) is 14.5. The van der Waals surface area contributed by atoms with Crippen LogP contribution in [0.25, 0.3) is 0 Å². The van der Waals surface area contributed by atoms with E-state index in [4.69, 9.17) is 5.73 Å². The molecule has 3 nitrogen and oxygen atoms in total. The molecular formula is C14H28N2O. The van der Waals surface area contributed by atoms with Crippen LogP contribution in [-0.4, -0.2) is 18.5 Å². The van der Waals surface area contributed by atoms with Crippen LogP contribution in [0.5, 0.6) is 0 Å². The minimum Gasteiger partial charge on any atom is -0.356 e. The van der Waals surface area contributed by atoms with E-state index in [1.54, 1.807) is 0 Å². The summed E-state index contributed by atoms with van der Waals surface area (Å²) >= 11 is 0. The average Bonchev–Trinajstić information content (AvgIpc) is 2.24.